The largest absolute Gasteiger partial charge is 0.496 e. The van der Waals surface area contributed by atoms with Gasteiger partial charge in [0.2, 0.25) is 0 Å². The number of ether oxygens (including phenoxy) is 2. The maximum Gasteiger partial charge on any atom is 0.176 e. The minimum absolute atomic E-state index is 0.735. The molecule has 3 heteroatoms. The van der Waals surface area contributed by atoms with Crippen LogP contribution in [0, 0.1) is 0 Å². The Morgan fingerprint density at radius 1 is 0.842 bits per heavy atom. The van der Waals surface area contributed by atoms with Gasteiger partial charge in [0.25, 0.3) is 0 Å². The van der Waals surface area contributed by atoms with Gasteiger partial charge in [0.15, 0.2) is 11.3 Å². The summed E-state index contributed by atoms with van der Waals surface area (Å²) < 4.78 is 16.6. The van der Waals surface area contributed by atoms with E-state index in [9.17, 15) is 0 Å². The van der Waals surface area contributed by atoms with E-state index in [1.54, 1.807) is 14.2 Å². The second kappa shape index (κ2) is 4.69. The third kappa shape index (κ3) is 1.93. The van der Waals surface area contributed by atoms with Crippen LogP contribution in [0.2, 0.25) is 0 Å². The van der Waals surface area contributed by atoms with Crippen molar-refractivity contribution in [3.05, 3.63) is 48.5 Å². The highest BCUT2D eigenvalue weighted by Gasteiger charge is 2.12. The zero-order valence-corrected chi connectivity index (χ0v) is 10.8. The van der Waals surface area contributed by atoms with Gasteiger partial charge in [-0.3, -0.25) is 0 Å². The van der Waals surface area contributed by atoms with Crippen LogP contribution in [-0.4, -0.2) is 14.2 Å². The van der Waals surface area contributed by atoms with Crippen molar-refractivity contribution in [2.45, 2.75) is 0 Å². The number of methoxy groups -OCH3 is 2. The lowest BCUT2D eigenvalue weighted by Crippen LogP contribution is -1.85. The van der Waals surface area contributed by atoms with Crippen molar-refractivity contribution in [3.8, 4) is 22.8 Å². The molecule has 0 N–H and O–H groups in total. The molecule has 0 bridgehead atoms. The molecule has 0 aliphatic heterocycles. The number of benzene rings is 2. The fourth-order valence-corrected chi connectivity index (χ4v) is 2.18. The van der Waals surface area contributed by atoms with E-state index < -0.39 is 0 Å². The lowest BCUT2D eigenvalue weighted by Gasteiger charge is -2.04. The predicted molar refractivity (Wildman–Crippen MR) is 74.8 cm³/mol. The molecule has 2 aromatic carbocycles. The van der Waals surface area contributed by atoms with Gasteiger partial charge < -0.3 is 13.9 Å². The first-order valence-electron chi connectivity index (χ1n) is 6.03. The average molecular weight is 254 g/mol. The number of hydrogen-bond acceptors (Lipinski definition) is 3. The summed E-state index contributed by atoms with van der Waals surface area (Å²) in [4.78, 5) is 0. The van der Waals surface area contributed by atoms with Crippen LogP contribution in [0.5, 0.6) is 11.5 Å². The molecular formula is C16H14O3. The van der Waals surface area contributed by atoms with Crippen LogP contribution < -0.4 is 9.47 Å². The molecule has 0 spiro atoms. The molecule has 0 aliphatic rings. The summed E-state index contributed by atoms with van der Waals surface area (Å²) in [6, 6.07) is 15.6. The van der Waals surface area contributed by atoms with Crippen molar-refractivity contribution in [1.29, 1.82) is 0 Å². The standard InChI is InChI=1S/C16H14O3/c1-17-13-8-4-3-7-12(13)15-10-11-6-5-9-14(18-2)16(11)19-15/h3-10H,1-2H3. The Morgan fingerprint density at radius 2 is 1.58 bits per heavy atom. The maximum absolute atomic E-state index is 5.91. The molecule has 0 amide bonds. The molecule has 1 aromatic heterocycles. The number of para-hydroxylation sites is 2. The zero-order chi connectivity index (χ0) is 13.2. The van der Waals surface area contributed by atoms with E-state index in [2.05, 4.69) is 0 Å². The van der Waals surface area contributed by atoms with Gasteiger partial charge in [-0.05, 0) is 24.3 Å². The number of rotatable bonds is 3. The first-order valence-corrected chi connectivity index (χ1v) is 6.03. The van der Waals surface area contributed by atoms with Crippen LogP contribution in [0.25, 0.3) is 22.3 Å². The Morgan fingerprint density at radius 3 is 2.37 bits per heavy atom. The van der Waals surface area contributed by atoms with Gasteiger partial charge in [-0.1, -0.05) is 24.3 Å². The molecule has 3 rings (SSSR count). The molecule has 0 saturated carbocycles. The summed E-state index contributed by atoms with van der Waals surface area (Å²) in [5.74, 6) is 2.30. The summed E-state index contributed by atoms with van der Waals surface area (Å²) in [6.07, 6.45) is 0. The SMILES string of the molecule is COc1ccccc1-c1cc2cccc(OC)c2o1. The topological polar surface area (TPSA) is 31.6 Å². The molecule has 0 unspecified atom stereocenters. The summed E-state index contributed by atoms with van der Waals surface area (Å²) in [5, 5.41) is 1.01. The van der Waals surface area contributed by atoms with Crippen LogP contribution >= 0.6 is 0 Å². The van der Waals surface area contributed by atoms with Crippen molar-refractivity contribution in [2.75, 3.05) is 14.2 Å². The number of furan rings is 1. The van der Waals surface area contributed by atoms with Gasteiger partial charge >= 0.3 is 0 Å². The predicted octanol–water partition coefficient (Wildman–Crippen LogP) is 4.12. The van der Waals surface area contributed by atoms with Crippen LogP contribution in [0.3, 0.4) is 0 Å². The van der Waals surface area contributed by atoms with Gasteiger partial charge in [0, 0.05) is 5.39 Å². The quantitative estimate of drug-likeness (QED) is 0.704. The number of fused-ring (bicyclic) bond motifs is 1. The fraction of sp³-hybridized carbons (Fsp3) is 0.125. The Labute approximate surface area is 111 Å². The van der Waals surface area contributed by atoms with E-state index in [1.807, 2.05) is 48.5 Å². The van der Waals surface area contributed by atoms with Crippen LogP contribution in [0.15, 0.2) is 52.9 Å². The summed E-state index contributed by atoms with van der Waals surface area (Å²) in [7, 11) is 3.29. The summed E-state index contributed by atoms with van der Waals surface area (Å²) >= 11 is 0. The van der Waals surface area contributed by atoms with E-state index in [0.29, 0.717) is 0 Å². The van der Waals surface area contributed by atoms with E-state index in [0.717, 1.165) is 33.8 Å². The molecule has 96 valence electrons. The van der Waals surface area contributed by atoms with Crippen molar-refractivity contribution in [3.63, 3.8) is 0 Å². The van der Waals surface area contributed by atoms with E-state index in [4.69, 9.17) is 13.9 Å². The third-order valence-corrected chi connectivity index (χ3v) is 3.10. The lowest BCUT2D eigenvalue weighted by atomic mass is 10.1. The normalized spacial score (nSPS) is 10.6. The molecule has 3 aromatic rings. The first-order chi connectivity index (χ1) is 9.33. The van der Waals surface area contributed by atoms with E-state index >= 15 is 0 Å². The monoisotopic (exact) mass is 254 g/mol. The van der Waals surface area contributed by atoms with E-state index in [1.165, 1.54) is 0 Å². The van der Waals surface area contributed by atoms with Crippen molar-refractivity contribution in [2.24, 2.45) is 0 Å². The van der Waals surface area contributed by atoms with E-state index in [-0.39, 0.29) is 0 Å². The molecule has 0 saturated heterocycles. The van der Waals surface area contributed by atoms with Gasteiger partial charge in [0.05, 0.1) is 19.8 Å². The molecular weight excluding hydrogens is 240 g/mol. The second-order valence-corrected chi connectivity index (χ2v) is 4.19. The van der Waals surface area contributed by atoms with Crippen molar-refractivity contribution in [1.82, 2.24) is 0 Å². The smallest absolute Gasteiger partial charge is 0.176 e. The Hall–Kier alpha value is -2.42. The van der Waals surface area contributed by atoms with Gasteiger partial charge in [-0.15, -0.1) is 0 Å². The average Bonchev–Trinajstić information content (AvgIpc) is 2.90. The Kier molecular flexibility index (Phi) is 2.88. The zero-order valence-electron chi connectivity index (χ0n) is 10.8. The second-order valence-electron chi connectivity index (χ2n) is 4.19. The lowest BCUT2D eigenvalue weighted by molar-refractivity contribution is 0.408. The molecule has 0 fully saturated rings. The molecule has 3 nitrogen and oxygen atoms in total. The van der Waals surface area contributed by atoms with Crippen molar-refractivity contribution < 1.29 is 13.9 Å². The van der Waals surface area contributed by atoms with Crippen LogP contribution in [-0.2, 0) is 0 Å². The molecule has 0 aliphatic carbocycles. The highest BCUT2D eigenvalue weighted by Crippen LogP contribution is 2.36. The Bertz CT molecular complexity index is 713. The fourth-order valence-electron chi connectivity index (χ4n) is 2.18. The summed E-state index contributed by atoms with van der Waals surface area (Å²) in [6.45, 7) is 0. The molecule has 0 atom stereocenters. The minimum Gasteiger partial charge on any atom is -0.496 e. The summed E-state index contributed by atoms with van der Waals surface area (Å²) in [5.41, 5.74) is 1.69. The van der Waals surface area contributed by atoms with Crippen molar-refractivity contribution >= 4 is 11.0 Å². The van der Waals surface area contributed by atoms with Crippen LogP contribution in [0.1, 0.15) is 0 Å². The highest BCUT2D eigenvalue weighted by molar-refractivity contribution is 5.88. The van der Waals surface area contributed by atoms with Crippen LogP contribution in [0.4, 0.5) is 0 Å². The van der Waals surface area contributed by atoms with Gasteiger partial charge in [-0.2, -0.15) is 0 Å². The molecule has 1 heterocycles. The molecule has 0 radical (unpaired) electrons. The minimum atomic E-state index is 0.735. The van der Waals surface area contributed by atoms with Gasteiger partial charge in [0.1, 0.15) is 11.5 Å². The third-order valence-electron chi connectivity index (χ3n) is 3.10. The Balaban J connectivity index is 2.21. The maximum atomic E-state index is 5.91. The number of hydrogen-bond donors (Lipinski definition) is 0. The highest BCUT2D eigenvalue weighted by atomic mass is 16.5. The first kappa shape index (κ1) is 11.7. The molecule has 19 heavy (non-hydrogen) atoms. The van der Waals surface area contributed by atoms with Gasteiger partial charge in [-0.25, -0.2) is 0 Å².